The number of hydrogen-bond acceptors (Lipinski definition) is 8. The maximum Gasteiger partial charge on any atom is 0.244 e. The van der Waals surface area contributed by atoms with Crippen LogP contribution >= 0.6 is 0 Å². The predicted octanol–water partition coefficient (Wildman–Crippen LogP) is 1.46. The van der Waals surface area contributed by atoms with Gasteiger partial charge in [0.05, 0.1) is 18.5 Å². The Hall–Kier alpha value is -2.56. The van der Waals surface area contributed by atoms with Crippen molar-refractivity contribution in [3.05, 3.63) is 41.3 Å². The standard InChI is InChI=1S/C17H23N5O4S/c1-4-22(5-2)27(25,26)14-6-7-16(19-9-14)21-20-10-15-13(11-23)8-18-12(3)17(15)24/h6-10,23-24H,4-5,11H2,1-3H3,(H,19,21)/b20-10-. The Labute approximate surface area is 158 Å². The summed E-state index contributed by atoms with van der Waals surface area (Å²) in [5, 5.41) is 23.4. The van der Waals surface area contributed by atoms with Gasteiger partial charge in [0.1, 0.15) is 16.5 Å². The zero-order valence-electron chi connectivity index (χ0n) is 15.4. The van der Waals surface area contributed by atoms with E-state index in [1.54, 1.807) is 20.8 Å². The van der Waals surface area contributed by atoms with Crippen molar-refractivity contribution in [1.82, 2.24) is 14.3 Å². The molecular formula is C17H23N5O4S. The highest BCUT2D eigenvalue weighted by Gasteiger charge is 2.21. The summed E-state index contributed by atoms with van der Waals surface area (Å²) in [4.78, 5) is 8.13. The van der Waals surface area contributed by atoms with Crippen molar-refractivity contribution in [1.29, 1.82) is 0 Å². The number of nitrogens with one attached hydrogen (secondary N) is 1. The molecule has 0 amide bonds. The quantitative estimate of drug-likeness (QED) is 0.457. The molecule has 2 rings (SSSR count). The minimum Gasteiger partial charge on any atom is -0.505 e. The summed E-state index contributed by atoms with van der Waals surface area (Å²) in [6.45, 7) is 5.65. The first kappa shape index (κ1) is 20.7. The SMILES string of the molecule is CCN(CC)S(=O)(=O)c1ccc(N/N=C\c2c(CO)cnc(C)c2O)nc1. The number of hydrogen-bond donors (Lipinski definition) is 3. The molecular weight excluding hydrogens is 370 g/mol. The van der Waals surface area contributed by atoms with Crippen molar-refractivity contribution in [2.45, 2.75) is 32.3 Å². The van der Waals surface area contributed by atoms with Crippen LogP contribution in [0.1, 0.15) is 30.7 Å². The number of nitrogens with zero attached hydrogens (tertiary/aromatic N) is 4. The molecule has 0 aliphatic rings. The number of aryl methyl sites for hydroxylation is 1. The van der Waals surface area contributed by atoms with E-state index in [1.165, 1.54) is 35.0 Å². The molecule has 0 aliphatic heterocycles. The molecule has 0 aromatic carbocycles. The number of aromatic hydroxyl groups is 1. The fourth-order valence-corrected chi connectivity index (χ4v) is 3.80. The van der Waals surface area contributed by atoms with Gasteiger partial charge in [0.2, 0.25) is 10.0 Å². The summed E-state index contributed by atoms with van der Waals surface area (Å²) in [6, 6.07) is 2.95. The zero-order chi connectivity index (χ0) is 20.0. The number of aliphatic hydroxyl groups is 1. The molecule has 3 N–H and O–H groups in total. The lowest BCUT2D eigenvalue weighted by Gasteiger charge is -2.18. The molecule has 2 aromatic heterocycles. The van der Waals surface area contributed by atoms with Gasteiger partial charge in [-0.15, -0.1) is 0 Å². The molecule has 9 nitrogen and oxygen atoms in total. The smallest absolute Gasteiger partial charge is 0.244 e. The highest BCUT2D eigenvalue weighted by Crippen LogP contribution is 2.22. The van der Waals surface area contributed by atoms with Gasteiger partial charge in [0.25, 0.3) is 0 Å². The molecule has 2 heterocycles. The Balaban J connectivity index is 2.17. The zero-order valence-corrected chi connectivity index (χ0v) is 16.2. The molecule has 0 spiro atoms. The average Bonchev–Trinajstić information content (AvgIpc) is 2.66. The lowest BCUT2D eigenvalue weighted by molar-refractivity contribution is 0.280. The highest BCUT2D eigenvalue weighted by molar-refractivity contribution is 7.89. The summed E-state index contributed by atoms with van der Waals surface area (Å²) < 4.78 is 26.2. The van der Waals surface area contributed by atoms with E-state index in [2.05, 4.69) is 20.5 Å². The van der Waals surface area contributed by atoms with Crippen LogP contribution in [0.25, 0.3) is 0 Å². The van der Waals surface area contributed by atoms with Crippen molar-refractivity contribution in [3.8, 4) is 5.75 Å². The fourth-order valence-electron chi connectivity index (χ4n) is 2.40. The largest absolute Gasteiger partial charge is 0.505 e. The molecule has 2 aromatic rings. The van der Waals surface area contributed by atoms with Gasteiger partial charge in [0.15, 0.2) is 0 Å². The predicted molar refractivity (Wildman–Crippen MR) is 102 cm³/mol. The first-order valence-corrected chi connectivity index (χ1v) is 9.82. The van der Waals surface area contributed by atoms with E-state index in [4.69, 9.17) is 0 Å². The Bertz CT molecular complexity index is 910. The topological polar surface area (TPSA) is 128 Å². The minimum absolute atomic E-state index is 0.0688. The third-order valence-electron chi connectivity index (χ3n) is 3.98. The van der Waals surface area contributed by atoms with Crippen LogP contribution in [-0.4, -0.2) is 52.2 Å². The molecule has 0 saturated carbocycles. The van der Waals surface area contributed by atoms with Gasteiger partial charge < -0.3 is 10.2 Å². The van der Waals surface area contributed by atoms with Gasteiger partial charge in [-0.2, -0.15) is 9.41 Å². The highest BCUT2D eigenvalue weighted by atomic mass is 32.2. The molecule has 0 saturated heterocycles. The average molecular weight is 393 g/mol. The number of pyridine rings is 2. The maximum atomic E-state index is 12.4. The molecule has 0 radical (unpaired) electrons. The van der Waals surface area contributed by atoms with Crippen LogP contribution in [0.15, 0.2) is 34.5 Å². The summed E-state index contributed by atoms with van der Waals surface area (Å²) in [7, 11) is -3.56. The number of rotatable bonds is 8. The van der Waals surface area contributed by atoms with Crippen LogP contribution in [-0.2, 0) is 16.6 Å². The third-order valence-corrected chi connectivity index (χ3v) is 6.01. The van der Waals surface area contributed by atoms with E-state index in [0.29, 0.717) is 35.7 Å². The maximum absolute atomic E-state index is 12.4. The molecule has 146 valence electrons. The number of hydrazone groups is 1. The molecule has 0 atom stereocenters. The molecule has 10 heteroatoms. The summed E-state index contributed by atoms with van der Waals surface area (Å²) in [6.07, 6.45) is 4.07. The Morgan fingerprint density at radius 1 is 1.22 bits per heavy atom. The molecule has 0 unspecified atom stereocenters. The van der Waals surface area contributed by atoms with Crippen molar-refractivity contribution < 1.29 is 18.6 Å². The van der Waals surface area contributed by atoms with Gasteiger partial charge >= 0.3 is 0 Å². The summed E-state index contributed by atoms with van der Waals surface area (Å²) in [5.74, 6) is 0.265. The van der Waals surface area contributed by atoms with Crippen molar-refractivity contribution >= 4 is 22.1 Å². The van der Waals surface area contributed by atoms with Crippen molar-refractivity contribution in [2.24, 2.45) is 5.10 Å². The van der Waals surface area contributed by atoms with Crippen LogP contribution in [0.2, 0.25) is 0 Å². The molecule has 0 fully saturated rings. The molecule has 0 aliphatic carbocycles. The van der Waals surface area contributed by atoms with E-state index < -0.39 is 10.0 Å². The van der Waals surface area contributed by atoms with Crippen LogP contribution in [0.5, 0.6) is 5.75 Å². The van der Waals surface area contributed by atoms with E-state index in [0.717, 1.165) is 0 Å². The Kier molecular flexibility index (Phi) is 6.83. The number of sulfonamides is 1. The number of anilines is 1. The van der Waals surface area contributed by atoms with Gasteiger partial charge in [-0.1, -0.05) is 13.8 Å². The number of aromatic nitrogens is 2. The fraction of sp³-hybridized carbons (Fsp3) is 0.353. The van der Waals surface area contributed by atoms with E-state index in [1.807, 2.05) is 0 Å². The van der Waals surface area contributed by atoms with E-state index >= 15 is 0 Å². The monoisotopic (exact) mass is 393 g/mol. The van der Waals surface area contributed by atoms with Gasteiger partial charge in [-0.05, 0) is 19.1 Å². The van der Waals surface area contributed by atoms with Crippen LogP contribution < -0.4 is 5.43 Å². The Morgan fingerprint density at radius 3 is 2.48 bits per heavy atom. The van der Waals surface area contributed by atoms with Crippen LogP contribution in [0, 0.1) is 6.92 Å². The first-order valence-electron chi connectivity index (χ1n) is 8.38. The molecule has 27 heavy (non-hydrogen) atoms. The van der Waals surface area contributed by atoms with Crippen molar-refractivity contribution in [3.63, 3.8) is 0 Å². The molecule has 0 bridgehead atoms. The summed E-state index contributed by atoms with van der Waals surface area (Å²) >= 11 is 0. The van der Waals surface area contributed by atoms with Gasteiger partial charge in [-0.3, -0.25) is 10.4 Å². The van der Waals surface area contributed by atoms with Crippen LogP contribution in [0.4, 0.5) is 5.82 Å². The number of aliphatic hydroxyl groups excluding tert-OH is 1. The minimum atomic E-state index is -3.56. The second kappa shape index (κ2) is 8.89. The van der Waals surface area contributed by atoms with E-state index in [9.17, 15) is 18.6 Å². The summed E-state index contributed by atoms with van der Waals surface area (Å²) in [5.41, 5.74) is 3.85. The Morgan fingerprint density at radius 2 is 1.93 bits per heavy atom. The second-order valence-corrected chi connectivity index (χ2v) is 7.57. The third kappa shape index (κ3) is 4.59. The second-order valence-electron chi connectivity index (χ2n) is 5.63. The lowest BCUT2D eigenvalue weighted by Crippen LogP contribution is -2.30. The normalized spacial score (nSPS) is 12.0. The first-order chi connectivity index (χ1) is 12.8. The van der Waals surface area contributed by atoms with Gasteiger partial charge in [-0.25, -0.2) is 13.4 Å². The van der Waals surface area contributed by atoms with Gasteiger partial charge in [0, 0.05) is 36.6 Å². The van der Waals surface area contributed by atoms with Crippen LogP contribution in [0.3, 0.4) is 0 Å². The van der Waals surface area contributed by atoms with Crippen molar-refractivity contribution in [2.75, 3.05) is 18.5 Å². The lowest BCUT2D eigenvalue weighted by atomic mass is 10.1. The van der Waals surface area contributed by atoms with E-state index in [-0.39, 0.29) is 17.3 Å².